The normalized spacial score (nSPS) is 26.1. The molecule has 3 heteroatoms. The average Bonchev–Trinajstić information content (AvgIpc) is 2.14. The zero-order valence-corrected chi connectivity index (χ0v) is 9.20. The average molecular weight is 199 g/mol. The predicted octanol–water partition coefficient (Wildman–Crippen LogP) is 1.03. The van der Waals surface area contributed by atoms with Crippen LogP contribution in [0.4, 0.5) is 0 Å². The third kappa shape index (κ3) is 3.78. The molecule has 14 heavy (non-hydrogen) atoms. The zero-order chi connectivity index (χ0) is 10.6. The summed E-state index contributed by atoms with van der Waals surface area (Å²) in [5.41, 5.74) is 1.12. The summed E-state index contributed by atoms with van der Waals surface area (Å²) in [6, 6.07) is 0. The maximum absolute atomic E-state index is 9.85. The van der Waals surface area contributed by atoms with Gasteiger partial charge in [-0.3, -0.25) is 0 Å². The van der Waals surface area contributed by atoms with Gasteiger partial charge in [-0.25, -0.2) is 0 Å². The van der Waals surface area contributed by atoms with Crippen LogP contribution in [0.5, 0.6) is 0 Å². The molecule has 82 valence electrons. The molecule has 1 saturated heterocycles. The highest BCUT2D eigenvalue weighted by atomic mass is 16.5. The Balaban J connectivity index is 2.28. The quantitative estimate of drug-likeness (QED) is 0.687. The molecule has 0 aromatic rings. The van der Waals surface area contributed by atoms with Gasteiger partial charge >= 0.3 is 0 Å². The van der Waals surface area contributed by atoms with Crippen LogP contribution < -0.4 is 0 Å². The Morgan fingerprint density at radius 2 is 2.43 bits per heavy atom. The fraction of sp³-hybridized carbons (Fsp3) is 0.818. The molecule has 0 amide bonds. The topological polar surface area (TPSA) is 32.7 Å². The molecule has 0 saturated carbocycles. The van der Waals surface area contributed by atoms with E-state index in [1.54, 1.807) is 0 Å². The van der Waals surface area contributed by atoms with Gasteiger partial charge in [0.2, 0.25) is 0 Å². The van der Waals surface area contributed by atoms with Crippen molar-refractivity contribution >= 4 is 0 Å². The number of rotatable bonds is 4. The second-order valence-electron chi connectivity index (χ2n) is 4.23. The Kier molecular flexibility index (Phi) is 4.58. The van der Waals surface area contributed by atoms with Gasteiger partial charge in [-0.1, -0.05) is 5.57 Å². The highest BCUT2D eigenvalue weighted by Crippen LogP contribution is 2.13. The van der Waals surface area contributed by atoms with E-state index in [0.717, 1.165) is 38.1 Å². The largest absolute Gasteiger partial charge is 0.390 e. The van der Waals surface area contributed by atoms with Gasteiger partial charge in [-0.2, -0.15) is 0 Å². The first-order chi connectivity index (χ1) is 6.59. The number of nitrogens with zero attached hydrogens (tertiary/aromatic N) is 1. The van der Waals surface area contributed by atoms with Crippen LogP contribution in [0.1, 0.15) is 19.8 Å². The summed E-state index contributed by atoms with van der Waals surface area (Å²) >= 11 is 0. The molecule has 0 aromatic heterocycles. The number of likely N-dealkylation sites (N-methyl/N-ethyl adjacent to an activating group) is 1. The molecule has 1 N–H and O–H groups in total. The summed E-state index contributed by atoms with van der Waals surface area (Å²) in [6.45, 7) is 8.33. The second kappa shape index (κ2) is 5.49. The SMILES string of the molecule is C=C(C)CCC(O)C1CN(C)CCO1. The highest BCUT2D eigenvalue weighted by Gasteiger charge is 2.24. The zero-order valence-electron chi connectivity index (χ0n) is 9.20. The maximum Gasteiger partial charge on any atom is 0.0960 e. The lowest BCUT2D eigenvalue weighted by atomic mass is 10.0. The van der Waals surface area contributed by atoms with E-state index in [-0.39, 0.29) is 12.2 Å². The molecule has 2 unspecified atom stereocenters. The van der Waals surface area contributed by atoms with E-state index in [2.05, 4.69) is 18.5 Å². The van der Waals surface area contributed by atoms with Crippen molar-refractivity contribution in [1.82, 2.24) is 4.90 Å². The fourth-order valence-corrected chi connectivity index (χ4v) is 1.62. The molecule has 2 atom stereocenters. The lowest BCUT2D eigenvalue weighted by molar-refractivity contribution is -0.0847. The molecule has 1 aliphatic heterocycles. The van der Waals surface area contributed by atoms with E-state index in [0.29, 0.717) is 0 Å². The summed E-state index contributed by atoms with van der Waals surface area (Å²) in [4.78, 5) is 2.19. The molecule has 0 aromatic carbocycles. The molecular formula is C11H21NO2. The van der Waals surface area contributed by atoms with Crippen LogP contribution in [0.2, 0.25) is 0 Å². The lowest BCUT2D eigenvalue weighted by Gasteiger charge is -2.32. The molecule has 0 aliphatic carbocycles. The van der Waals surface area contributed by atoms with Crippen LogP contribution in [-0.2, 0) is 4.74 Å². The van der Waals surface area contributed by atoms with Crippen LogP contribution in [0.25, 0.3) is 0 Å². The van der Waals surface area contributed by atoms with Crippen molar-refractivity contribution in [2.24, 2.45) is 0 Å². The first kappa shape index (κ1) is 11.7. The van der Waals surface area contributed by atoms with Gasteiger partial charge in [0.15, 0.2) is 0 Å². The van der Waals surface area contributed by atoms with Gasteiger partial charge in [0.1, 0.15) is 0 Å². The minimum atomic E-state index is -0.352. The van der Waals surface area contributed by atoms with Gasteiger partial charge in [0, 0.05) is 13.1 Å². The van der Waals surface area contributed by atoms with Crippen LogP contribution in [-0.4, -0.2) is 49.0 Å². The van der Waals surface area contributed by atoms with Crippen molar-refractivity contribution in [3.8, 4) is 0 Å². The minimum absolute atomic E-state index is 0.0203. The molecule has 3 nitrogen and oxygen atoms in total. The van der Waals surface area contributed by atoms with E-state index in [9.17, 15) is 5.11 Å². The Morgan fingerprint density at radius 3 is 3.00 bits per heavy atom. The van der Waals surface area contributed by atoms with E-state index >= 15 is 0 Å². The van der Waals surface area contributed by atoms with Crippen LogP contribution >= 0.6 is 0 Å². The highest BCUT2D eigenvalue weighted by molar-refractivity contribution is 4.89. The summed E-state index contributed by atoms with van der Waals surface area (Å²) in [5.74, 6) is 0. The Hall–Kier alpha value is -0.380. The van der Waals surface area contributed by atoms with Crippen molar-refractivity contribution in [3.05, 3.63) is 12.2 Å². The summed E-state index contributed by atoms with van der Waals surface area (Å²) in [6.07, 6.45) is 1.26. The fourth-order valence-electron chi connectivity index (χ4n) is 1.62. The Labute approximate surface area is 86.4 Å². The van der Waals surface area contributed by atoms with Gasteiger partial charge in [-0.05, 0) is 26.8 Å². The van der Waals surface area contributed by atoms with E-state index < -0.39 is 0 Å². The Morgan fingerprint density at radius 1 is 1.71 bits per heavy atom. The minimum Gasteiger partial charge on any atom is -0.390 e. The van der Waals surface area contributed by atoms with Crippen molar-refractivity contribution in [2.45, 2.75) is 32.0 Å². The molecule has 1 fully saturated rings. The van der Waals surface area contributed by atoms with Crippen LogP contribution in [0, 0.1) is 0 Å². The molecular weight excluding hydrogens is 178 g/mol. The standard InChI is InChI=1S/C11H21NO2/c1-9(2)4-5-10(13)11-8-12(3)6-7-14-11/h10-11,13H,1,4-8H2,2-3H3. The number of hydrogen-bond donors (Lipinski definition) is 1. The number of morpholine rings is 1. The first-order valence-electron chi connectivity index (χ1n) is 5.22. The van der Waals surface area contributed by atoms with Crippen molar-refractivity contribution < 1.29 is 9.84 Å². The van der Waals surface area contributed by atoms with Crippen molar-refractivity contribution in [2.75, 3.05) is 26.7 Å². The lowest BCUT2D eigenvalue weighted by Crippen LogP contribution is -2.45. The molecule has 1 heterocycles. The smallest absolute Gasteiger partial charge is 0.0960 e. The Bertz CT molecular complexity index is 194. The number of aliphatic hydroxyl groups is 1. The number of allylic oxidation sites excluding steroid dienone is 1. The number of hydrogen-bond acceptors (Lipinski definition) is 3. The van der Waals surface area contributed by atoms with E-state index in [4.69, 9.17) is 4.74 Å². The third-order valence-corrected chi connectivity index (χ3v) is 2.59. The molecule has 0 bridgehead atoms. The van der Waals surface area contributed by atoms with Crippen molar-refractivity contribution in [1.29, 1.82) is 0 Å². The van der Waals surface area contributed by atoms with Crippen LogP contribution in [0.3, 0.4) is 0 Å². The van der Waals surface area contributed by atoms with Gasteiger partial charge < -0.3 is 14.7 Å². The number of aliphatic hydroxyl groups excluding tert-OH is 1. The summed E-state index contributed by atoms with van der Waals surface area (Å²) in [5, 5.41) is 9.85. The third-order valence-electron chi connectivity index (χ3n) is 2.59. The molecule has 0 spiro atoms. The van der Waals surface area contributed by atoms with E-state index in [1.165, 1.54) is 0 Å². The van der Waals surface area contributed by atoms with Crippen molar-refractivity contribution in [3.63, 3.8) is 0 Å². The van der Waals surface area contributed by atoms with E-state index in [1.807, 2.05) is 6.92 Å². The first-order valence-corrected chi connectivity index (χ1v) is 5.22. The molecule has 1 aliphatic rings. The summed E-state index contributed by atoms with van der Waals surface area (Å²) in [7, 11) is 2.06. The number of ether oxygens (including phenoxy) is 1. The molecule has 1 rings (SSSR count). The van der Waals surface area contributed by atoms with Gasteiger partial charge in [0.25, 0.3) is 0 Å². The maximum atomic E-state index is 9.85. The van der Waals surface area contributed by atoms with Gasteiger partial charge in [0.05, 0.1) is 18.8 Å². The predicted molar refractivity (Wildman–Crippen MR) is 57.3 cm³/mol. The second-order valence-corrected chi connectivity index (χ2v) is 4.23. The summed E-state index contributed by atoms with van der Waals surface area (Å²) < 4.78 is 5.52. The van der Waals surface area contributed by atoms with Gasteiger partial charge in [-0.15, -0.1) is 6.58 Å². The molecule has 0 radical (unpaired) electrons. The van der Waals surface area contributed by atoms with Crippen LogP contribution in [0.15, 0.2) is 12.2 Å². The monoisotopic (exact) mass is 199 g/mol.